The lowest BCUT2D eigenvalue weighted by Gasteiger charge is -2.41. The highest BCUT2D eigenvalue weighted by Crippen LogP contribution is 2.47. The number of aryl methyl sites for hydroxylation is 1. The number of nitrogens with zero attached hydrogens (tertiary/aromatic N) is 5. The van der Waals surface area contributed by atoms with Crippen molar-refractivity contribution in [1.82, 2.24) is 14.9 Å². The van der Waals surface area contributed by atoms with Crippen LogP contribution in [0.1, 0.15) is 42.9 Å². The van der Waals surface area contributed by atoms with Crippen molar-refractivity contribution in [3.05, 3.63) is 89.2 Å². The van der Waals surface area contributed by atoms with Crippen LogP contribution in [0.15, 0.2) is 73.1 Å². The van der Waals surface area contributed by atoms with E-state index in [0.717, 1.165) is 23.7 Å². The Morgan fingerprint density at radius 1 is 1.16 bits per heavy atom. The first kappa shape index (κ1) is 30.8. The molecule has 0 spiro atoms. The van der Waals surface area contributed by atoms with E-state index in [1.54, 1.807) is 30.3 Å². The van der Waals surface area contributed by atoms with Crippen LogP contribution in [0, 0.1) is 11.3 Å². The average Bonchev–Trinajstić information content (AvgIpc) is 3.56. The number of alkyl halides is 2. The van der Waals surface area contributed by atoms with Crippen molar-refractivity contribution in [2.24, 2.45) is 7.05 Å². The summed E-state index contributed by atoms with van der Waals surface area (Å²) in [6.07, 6.45) is 5.32. The molecule has 6 rings (SSSR count). The average molecular weight is 833 g/mol. The van der Waals surface area contributed by atoms with E-state index >= 15 is 0 Å². The van der Waals surface area contributed by atoms with E-state index in [-0.39, 0.29) is 37.9 Å². The van der Waals surface area contributed by atoms with Crippen molar-refractivity contribution < 1.29 is 14.4 Å². The van der Waals surface area contributed by atoms with E-state index < -0.39 is 18.0 Å². The number of hydrogen-bond donors (Lipinski definition) is 1. The number of nitrogens with one attached hydrogen (secondary N) is 1. The van der Waals surface area contributed by atoms with E-state index in [4.69, 9.17) is 11.6 Å². The van der Waals surface area contributed by atoms with Crippen LogP contribution in [0.2, 0.25) is 5.02 Å². The van der Waals surface area contributed by atoms with Gasteiger partial charge in [0, 0.05) is 59.1 Å². The van der Waals surface area contributed by atoms with Crippen LogP contribution >= 0.6 is 56.8 Å². The Labute approximate surface area is 286 Å². The van der Waals surface area contributed by atoms with Crippen LogP contribution in [0.25, 0.3) is 10.9 Å². The van der Waals surface area contributed by atoms with Crippen molar-refractivity contribution in [1.29, 1.82) is 5.26 Å². The van der Waals surface area contributed by atoms with Gasteiger partial charge in [0.1, 0.15) is 17.9 Å². The molecule has 1 saturated carbocycles. The molecule has 2 aromatic carbocycles. The van der Waals surface area contributed by atoms with Gasteiger partial charge in [-0.3, -0.25) is 24.2 Å². The van der Waals surface area contributed by atoms with Crippen LogP contribution in [-0.4, -0.2) is 40.8 Å². The van der Waals surface area contributed by atoms with Gasteiger partial charge in [-0.15, -0.1) is 0 Å². The van der Waals surface area contributed by atoms with Crippen LogP contribution in [0.5, 0.6) is 0 Å². The van der Waals surface area contributed by atoms with Gasteiger partial charge < -0.3 is 9.88 Å². The Hall–Kier alpha value is -3.22. The van der Waals surface area contributed by atoms with E-state index in [1.807, 2.05) is 42.1 Å². The molecule has 3 heterocycles. The number of benzene rings is 2. The van der Waals surface area contributed by atoms with Crippen LogP contribution < -0.4 is 15.1 Å². The summed E-state index contributed by atoms with van der Waals surface area (Å²) in [7, 11) is 1.94. The zero-order valence-corrected chi connectivity index (χ0v) is 28.7. The van der Waals surface area contributed by atoms with Gasteiger partial charge in [0.25, 0.3) is 5.91 Å². The fourth-order valence-electron chi connectivity index (χ4n) is 5.95. The highest BCUT2D eigenvalue weighted by atomic mass is 127. The summed E-state index contributed by atoms with van der Waals surface area (Å²) in [5, 5.41) is 13.9. The molecule has 2 atom stereocenters. The second-order valence-corrected chi connectivity index (χ2v) is 17.7. The number of anilines is 2. The predicted molar refractivity (Wildman–Crippen MR) is 186 cm³/mol. The number of hydrogen-bond acceptors (Lipinski definition) is 5. The lowest BCUT2D eigenvalue weighted by molar-refractivity contribution is -0.128. The molecule has 9 nitrogen and oxygen atoms in total. The zero-order valence-electron chi connectivity index (χ0n) is 23.6. The Bertz CT molecular complexity index is 1830. The molecule has 2 aliphatic rings. The minimum Gasteiger partial charge on any atom is -0.351 e. The minimum absolute atomic E-state index is 0.0441. The number of nitriles is 1. The van der Waals surface area contributed by atoms with E-state index in [0.29, 0.717) is 21.8 Å². The number of rotatable bonds is 7. The molecule has 12 heteroatoms. The second kappa shape index (κ2) is 12.3. The van der Waals surface area contributed by atoms with Crippen molar-refractivity contribution in [2.75, 3.05) is 9.80 Å². The summed E-state index contributed by atoms with van der Waals surface area (Å²) in [6, 6.07) is 17.6. The van der Waals surface area contributed by atoms with E-state index in [2.05, 4.69) is 61.6 Å². The number of carbonyl (C=O) groups excluding carboxylic acids is 3. The predicted octanol–water partition coefficient (Wildman–Crippen LogP) is 6.21. The van der Waals surface area contributed by atoms with Gasteiger partial charge in [0.2, 0.25) is 11.8 Å². The molecule has 44 heavy (non-hydrogen) atoms. The third-order valence-corrected chi connectivity index (χ3v) is 10.3. The molecular formula is C32H27ClI2N6O3. The van der Waals surface area contributed by atoms with Gasteiger partial charge in [-0.2, -0.15) is 5.26 Å². The molecule has 0 bridgehead atoms. The Morgan fingerprint density at radius 2 is 1.93 bits per heavy atom. The SMILES string of the molecule is Cn1ccc2cc(N(C(=O)[C@@H]3CCC(=O)N3c3cc(C#N)ccn3)[C@H](C(=O)NC3CC(I)(I)C3)c3ccccc3Cl)ccc21. The minimum atomic E-state index is -1.12. The van der Waals surface area contributed by atoms with Crippen molar-refractivity contribution in [3.63, 3.8) is 0 Å². The third kappa shape index (κ3) is 5.91. The normalized spacial score (nSPS) is 18.5. The molecule has 1 aliphatic heterocycles. The summed E-state index contributed by atoms with van der Waals surface area (Å²) < 4.78 is 2.04. The molecule has 0 radical (unpaired) electrons. The lowest BCUT2D eigenvalue weighted by atomic mass is 9.92. The summed E-state index contributed by atoms with van der Waals surface area (Å²) in [6.45, 7) is 0. The standard InChI is InChI=1S/C32H27ClI2N6O3/c1-39-13-11-20-15-22(6-7-25(20)39)40(31(44)26-8-9-28(42)41(26)27-14-19(18-36)10-12-37-27)29(23-4-2-3-5-24(23)33)30(43)38-21-16-32(34,35)17-21/h2-7,10-15,21,26,29H,8-9,16-17H2,1H3,(H,38,43)/t26-,29-/m0/s1. The maximum Gasteiger partial charge on any atom is 0.251 e. The molecule has 1 saturated heterocycles. The third-order valence-electron chi connectivity index (χ3n) is 8.15. The molecule has 4 aromatic rings. The first-order chi connectivity index (χ1) is 21.1. The summed E-state index contributed by atoms with van der Waals surface area (Å²) in [4.78, 5) is 49.6. The maximum atomic E-state index is 14.9. The quantitative estimate of drug-likeness (QED) is 0.176. The largest absolute Gasteiger partial charge is 0.351 e. The number of pyridine rings is 1. The molecule has 224 valence electrons. The summed E-state index contributed by atoms with van der Waals surface area (Å²) in [5.41, 5.74) is 2.26. The molecule has 2 aromatic heterocycles. The van der Waals surface area contributed by atoms with Gasteiger partial charge in [0.05, 0.1) is 13.1 Å². The van der Waals surface area contributed by atoms with E-state index in [1.165, 1.54) is 22.1 Å². The van der Waals surface area contributed by atoms with Gasteiger partial charge >= 0.3 is 0 Å². The molecular weight excluding hydrogens is 806 g/mol. The maximum absolute atomic E-state index is 14.9. The Balaban J connectivity index is 1.48. The molecule has 1 N–H and O–H groups in total. The number of fused-ring (bicyclic) bond motifs is 1. The highest BCUT2D eigenvalue weighted by Gasteiger charge is 2.46. The van der Waals surface area contributed by atoms with E-state index in [9.17, 15) is 19.6 Å². The topological polar surface area (TPSA) is 111 Å². The number of halogens is 3. The summed E-state index contributed by atoms with van der Waals surface area (Å²) >= 11 is 11.5. The summed E-state index contributed by atoms with van der Waals surface area (Å²) in [5.74, 6) is -0.857. The number of aromatic nitrogens is 2. The molecule has 1 aliphatic carbocycles. The first-order valence-corrected chi connectivity index (χ1v) is 16.6. The monoisotopic (exact) mass is 832 g/mol. The van der Waals surface area contributed by atoms with Crippen molar-refractivity contribution in [3.8, 4) is 6.07 Å². The van der Waals surface area contributed by atoms with Gasteiger partial charge in [-0.25, -0.2) is 4.98 Å². The first-order valence-electron chi connectivity index (χ1n) is 14.1. The lowest BCUT2D eigenvalue weighted by Crippen LogP contribution is -2.55. The van der Waals surface area contributed by atoms with Gasteiger partial charge in [0.15, 0.2) is 0 Å². The Kier molecular flexibility index (Phi) is 8.60. The smallest absolute Gasteiger partial charge is 0.251 e. The highest BCUT2D eigenvalue weighted by molar-refractivity contribution is 14.2. The van der Waals surface area contributed by atoms with Crippen LogP contribution in [-0.2, 0) is 21.4 Å². The van der Waals surface area contributed by atoms with Crippen LogP contribution in [0.3, 0.4) is 0 Å². The fraction of sp³-hybridized carbons (Fsp3) is 0.281. The molecule has 0 unspecified atom stereocenters. The van der Waals surface area contributed by atoms with Gasteiger partial charge in [-0.1, -0.05) is 75.0 Å². The number of amides is 3. The molecule has 3 amide bonds. The van der Waals surface area contributed by atoms with Crippen LogP contribution in [0.4, 0.5) is 11.5 Å². The Morgan fingerprint density at radius 3 is 2.66 bits per heavy atom. The van der Waals surface area contributed by atoms with Gasteiger partial charge in [-0.05, 0) is 61.7 Å². The molecule has 2 fully saturated rings. The van der Waals surface area contributed by atoms with Crippen molar-refractivity contribution >= 4 is 96.9 Å². The van der Waals surface area contributed by atoms with Crippen molar-refractivity contribution in [2.45, 2.75) is 45.2 Å². The zero-order chi connectivity index (χ0) is 31.2. The second-order valence-electron chi connectivity index (χ2n) is 11.1. The number of carbonyl (C=O) groups is 3. The fourth-order valence-corrected chi connectivity index (χ4v) is 8.31.